The Bertz CT molecular complexity index is 1670. The molecule has 0 spiro atoms. The van der Waals surface area contributed by atoms with Crippen LogP contribution in [-0.2, 0) is 4.79 Å². The van der Waals surface area contributed by atoms with Crippen LogP contribution in [0.25, 0.3) is 10.2 Å². The summed E-state index contributed by atoms with van der Waals surface area (Å²) in [6, 6.07) is 16.4. The summed E-state index contributed by atoms with van der Waals surface area (Å²) in [7, 11) is 0. The number of benzene rings is 2. The number of aromatic nitrogens is 1. The lowest BCUT2D eigenvalue weighted by molar-refractivity contribution is -0.117. The van der Waals surface area contributed by atoms with Crippen molar-refractivity contribution in [3.05, 3.63) is 83.9 Å². The number of nitrogens with one attached hydrogen (secondary N) is 3. The first-order chi connectivity index (χ1) is 19.9. The average molecular weight is 568 g/mol. The third kappa shape index (κ3) is 5.26. The highest BCUT2D eigenvalue weighted by Gasteiger charge is 2.34. The molecule has 4 amide bonds. The number of thiophene rings is 1. The molecule has 1 aliphatic carbocycles. The van der Waals surface area contributed by atoms with Gasteiger partial charge in [-0.15, -0.1) is 11.3 Å². The van der Waals surface area contributed by atoms with Crippen molar-refractivity contribution in [2.45, 2.75) is 44.7 Å². The molecule has 10 heteroatoms. The molecule has 1 aliphatic heterocycles. The molecular weight excluding hydrogens is 538 g/mol. The summed E-state index contributed by atoms with van der Waals surface area (Å²) in [5.74, 6) is 0.918. The molecule has 2 aromatic carbocycles. The second-order valence-corrected chi connectivity index (χ2v) is 11.2. The molecule has 6 rings (SSSR count). The number of urea groups is 1. The van der Waals surface area contributed by atoms with Gasteiger partial charge < -0.3 is 20.7 Å². The number of pyridine rings is 1. The second-order valence-electron chi connectivity index (χ2n) is 10.2. The van der Waals surface area contributed by atoms with Gasteiger partial charge in [-0.2, -0.15) is 0 Å². The topological polar surface area (TPSA) is 113 Å². The van der Waals surface area contributed by atoms with Gasteiger partial charge in [0.1, 0.15) is 21.2 Å². The van der Waals surface area contributed by atoms with Crippen LogP contribution in [0.1, 0.15) is 40.9 Å². The van der Waals surface area contributed by atoms with E-state index >= 15 is 0 Å². The lowest BCUT2D eigenvalue weighted by atomic mass is 9.91. The molecule has 4 aromatic rings. The number of para-hydroxylation sites is 1. The normalized spacial score (nSPS) is 18.0. The van der Waals surface area contributed by atoms with Gasteiger partial charge in [-0.3, -0.25) is 14.5 Å². The first-order valence-corrected chi connectivity index (χ1v) is 14.3. The lowest BCUT2D eigenvalue weighted by Crippen LogP contribution is -2.45. The summed E-state index contributed by atoms with van der Waals surface area (Å²) >= 11 is 1.25. The van der Waals surface area contributed by atoms with Crippen LogP contribution >= 0.6 is 11.3 Å². The van der Waals surface area contributed by atoms with E-state index in [1.807, 2.05) is 55.5 Å². The minimum atomic E-state index is -0.359. The molecule has 1 fully saturated rings. The third-order valence-corrected chi connectivity index (χ3v) is 8.48. The molecule has 208 valence electrons. The first kappa shape index (κ1) is 26.5. The monoisotopic (exact) mass is 567 g/mol. The van der Waals surface area contributed by atoms with Gasteiger partial charge in [0.05, 0.1) is 22.4 Å². The van der Waals surface area contributed by atoms with Crippen molar-refractivity contribution < 1.29 is 19.1 Å². The summed E-state index contributed by atoms with van der Waals surface area (Å²) in [6.07, 6.45) is 6.12. The number of hydrogen-bond acceptors (Lipinski definition) is 6. The highest BCUT2D eigenvalue weighted by molar-refractivity contribution is 7.21. The Hall–Kier alpha value is -4.70. The Morgan fingerprint density at radius 1 is 1.07 bits per heavy atom. The summed E-state index contributed by atoms with van der Waals surface area (Å²) < 4.78 is 5.97. The number of ether oxygens (including phenoxy) is 1. The molecule has 0 unspecified atom stereocenters. The molecule has 0 saturated heterocycles. The zero-order chi connectivity index (χ0) is 28.5. The maximum atomic E-state index is 13.6. The van der Waals surface area contributed by atoms with Gasteiger partial charge in [-0.1, -0.05) is 24.8 Å². The maximum Gasteiger partial charge on any atom is 0.331 e. The van der Waals surface area contributed by atoms with E-state index in [4.69, 9.17) is 4.74 Å². The number of rotatable bonds is 7. The van der Waals surface area contributed by atoms with E-state index in [0.29, 0.717) is 38.9 Å². The number of carbonyl (C=O) groups is 3. The van der Waals surface area contributed by atoms with E-state index in [1.54, 1.807) is 17.2 Å². The van der Waals surface area contributed by atoms with Gasteiger partial charge in [-0.05, 0) is 80.6 Å². The number of hydrogen-bond donors (Lipinski definition) is 3. The van der Waals surface area contributed by atoms with Gasteiger partial charge >= 0.3 is 6.03 Å². The number of carbonyl (C=O) groups excluding carboxylic acids is 3. The fourth-order valence-corrected chi connectivity index (χ4v) is 6.54. The zero-order valence-corrected chi connectivity index (χ0v) is 23.3. The van der Waals surface area contributed by atoms with Crippen LogP contribution in [0, 0.1) is 6.92 Å². The van der Waals surface area contributed by atoms with Gasteiger partial charge in [-0.25, -0.2) is 9.78 Å². The minimum Gasteiger partial charge on any atom is -0.457 e. The predicted octanol–water partition coefficient (Wildman–Crippen LogP) is 6.42. The van der Waals surface area contributed by atoms with E-state index in [2.05, 4.69) is 27.5 Å². The standard InChI is InChI=1S/C31H29N5O4S/c1-3-25(37)33-19-8-7-9-20(17-19)34-29(38)28-27-26-24(14-15-32-30(26)41-28)36(31(39)35-27)23-13-12-22(16-18(23)2)40-21-10-5-4-6-11-21/h3-6,10-16,19-20H,1,7-9,17H2,2H3,(H,33,37)(H,34,38)(H,35,39)/t19-,20+/m0/s1. The van der Waals surface area contributed by atoms with Crippen LogP contribution in [0.15, 0.2) is 73.4 Å². The number of nitrogens with zero attached hydrogens (tertiary/aromatic N) is 2. The van der Waals surface area contributed by atoms with E-state index in [1.165, 1.54) is 17.4 Å². The van der Waals surface area contributed by atoms with Crippen LogP contribution in [0.4, 0.5) is 21.9 Å². The third-order valence-electron chi connectivity index (χ3n) is 7.38. The van der Waals surface area contributed by atoms with Crippen LogP contribution in [0.5, 0.6) is 11.5 Å². The predicted molar refractivity (Wildman–Crippen MR) is 160 cm³/mol. The molecular formula is C31H29N5O4S. The molecule has 3 heterocycles. The Balaban J connectivity index is 1.27. The number of aryl methyl sites for hydroxylation is 1. The van der Waals surface area contributed by atoms with Gasteiger partial charge in [0.15, 0.2) is 0 Å². The molecule has 2 aromatic heterocycles. The zero-order valence-electron chi connectivity index (χ0n) is 22.5. The highest BCUT2D eigenvalue weighted by atomic mass is 32.1. The van der Waals surface area contributed by atoms with Gasteiger partial charge in [0.2, 0.25) is 5.91 Å². The molecule has 0 bridgehead atoms. The van der Waals surface area contributed by atoms with Gasteiger partial charge in [0.25, 0.3) is 5.91 Å². The van der Waals surface area contributed by atoms with Crippen LogP contribution in [0.2, 0.25) is 0 Å². The summed E-state index contributed by atoms with van der Waals surface area (Å²) in [5, 5.41) is 9.74. The quantitative estimate of drug-likeness (QED) is 0.223. The van der Waals surface area contributed by atoms with Crippen molar-refractivity contribution in [1.82, 2.24) is 15.6 Å². The van der Waals surface area contributed by atoms with E-state index < -0.39 is 0 Å². The van der Waals surface area contributed by atoms with Crippen molar-refractivity contribution in [2.75, 3.05) is 10.2 Å². The second kappa shape index (κ2) is 11.1. The van der Waals surface area contributed by atoms with Crippen molar-refractivity contribution in [3.63, 3.8) is 0 Å². The largest absolute Gasteiger partial charge is 0.457 e. The molecule has 2 atom stereocenters. The fraction of sp³-hybridized carbons (Fsp3) is 0.226. The fourth-order valence-electron chi connectivity index (χ4n) is 5.51. The van der Waals surface area contributed by atoms with Crippen molar-refractivity contribution in [1.29, 1.82) is 0 Å². The van der Waals surface area contributed by atoms with Crippen molar-refractivity contribution >= 4 is 56.5 Å². The average Bonchev–Trinajstić information content (AvgIpc) is 3.34. The Morgan fingerprint density at radius 3 is 2.61 bits per heavy atom. The Labute approximate surface area is 241 Å². The van der Waals surface area contributed by atoms with Crippen molar-refractivity contribution in [2.24, 2.45) is 0 Å². The number of amides is 4. The highest BCUT2D eigenvalue weighted by Crippen LogP contribution is 2.46. The summed E-state index contributed by atoms with van der Waals surface area (Å²) in [4.78, 5) is 46.0. The molecule has 0 radical (unpaired) electrons. The van der Waals surface area contributed by atoms with Crippen LogP contribution in [0.3, 0.4) is 0 Å². The molecule has 9 nitrogen and oxygen atoms in total. The molecule has 1 saturated carbocycles. The molecule has 2 aliphatic rings. The smallest absolute Gasteiger partial charge is 0.331 e. The summed E-state index contributed by atoms with van der Waals surface area (Å²) in [6.45, 7) is 5.44. The maximum absolute atomic E-state index is 13.6. The molecule has 41 heavy (non-hydrogen) atoms. The van der Waals surface area contributed by atoms with Crippen LogP contribution in [-0.4, -0.2) is 34.9 Å². The van der Waals surface area contributed by atoms with Gasteiger partial charge in [0, 0.05) is 18.3 Å². The lowest BCUT2D eigenvalue weighted by Gasteiger charge is -2.31. The van der Waals surface area contributed by atoms with E-state index in [0.717, 1.165) is 36.0 Å². The summed E-state index contributed by atoms with van der Waals surface area (Å²) in [5.41, 5.74) is 2.69. The molecule has 3 N–H and O–H groups in total. The van der Waals surface area contributed by atoms with E-state index in [-0.39, 0.29) is 29.9 Å². The first-order valence-electron chi connectivity index (χ1n) is 13.5. The number of anilines is 3. The SMILES string of the molecule is C=CC(=O)N[C@H]1CCC[C@@H](NC(=O)c2sc3nccc4c3c2NC(=O)N4c2ccc(Oc3ccccc3)cc2C)C1. The van der Waals surface area contributed by atoms with Crippen molar-refractivity contribution in [3.8, 4) is 11.5 Å². The Kier molecular flexibility index (Phi) is 7.15. The minimum absolute atomic E-state index is 0.0189. The van der Waals surface area contributed by atoms with E-state index in [9.17, 15) is 14.4 Å². The van der Waals surface area contributed by atoms with Crippen LogP contribution < -0.4 is 25.6 Å². The Morgan fingerprint density at radius 2 is 1.85 bits per heavy atom.